The molecule has 10 rings (SSSR count). The van der Waals surface area contributed by atoms with Gasteiger partial charge in [-0.2, -0.15) is 0 Å². The van der Waals surface area contributed by atoms with E-state index in [2.05, 4.69) is 0 Å². The van der Waals surface area contributed by atoms with E-state index in [0.29, 0.717) is 38.2 Å². The van der Waals surface area contributed by atoms with Crippen molar-refractivity contribution >= 4 is 54.3 Å². The van der Waals surface area contributed by atoms with Crippen LogP contribution in [0.1, 0.15) is 19.2 Å². The zero-order chi connectivity index (χ0) is 44.5. The molecule has 10 aromatic rings. The summed E-state index contributed by atoms with van der Waals surface area (Å²) in [5.74, 6) is 0. The van der Waals surface area contributed by atoms with Crippen molar-refractivity contribution in [3.05, 3.63) is 182 Å². The van der Waals surface area contributed by atoms with Crippen molar-refractivity contribution in [3.63, 3.8) is 0 Å². The Morgan fingerprint density at radius 1 is 0.388 bits per heavy atom. The van der Waals surface area contributed by atoms with Gasteiger partial charge in [0.1, 0.15) is 11.2 Å². The van der Waals surface area contributed by atoms with Gasteiger partial charge in [0, 0.05) is 16.2 Å². The normalized spacial score (nSPS) is 15.7. The molecule has 9 aromatic carbocycles. The highest BCUT2D eigenvalue weighted by molar-refractivity contribution is 6.27. The first-order valence-electron chi connectivity index (χ1n) is 22.7. The lowest BCUT2D eigenvalue weighted by atomic mass is 9.83. The summed E-state index contributed by atoms with van der Waals surface area (Å²) < 4.78 is 130. The lowest BCUT2D eigenvalue weighted by Crippen LogP contribution is -1.92. The van der Waals surface area contributed by atoms with E-state index in [9.17, 15) is 2.74 Å². The molecule has 0 saturated heterocycles. The van der Waals surface area contributed by atoms with Crippen LogP contribution in [-0.2, 0) is 0 Å². The number of rotatable bonds is 4. The van der Waals surface area contributed by atoms with Gasteiger partial charge in [0.25, 0.3) is 0 Å². The van der Waals surface area contributed by atoms with E-state index in [4.69, 9.17) is 20.9 Å². The fourth-order valence-electron chi connectivity index (χ4n) is 6.97. The molecule has 0 amide bonds. The molecule has 0 aliphatic heterocycles. The molecule has 228 valence electrons. The molecular formula is C48H30O. The van der Waals surface area contributed by atoms with Gasteiger partial charge in [-0.15, -0.1) is 0 Å². The summed E-state index contributed by atoms with van der Waals surface area (Å²) >= 11 is 0. The number of benzene rings is 9. The smallest absolute Gasteiger partial charge is 0.143 e. The highest BCUT2D eigenvalue weighted by atomic mass is 16.3. The van der Waals surface area contributed by atoms with Crippen molar-refractivity contribution < 1.29 is 23.6 Å². The molecule has 1 heterocycles. The maximum absolute atomic E-state index is 9.54. The second-order valence-electron chi connectivity index (χ2n) is 11.8. The number of hydrogen-bond donors (Lipinski definition) is 0. The molecule has 0 unspecified atom stereocenters. The summed E-state index contributed by atoms with van der Waals surface area (Å²) in [6, 6.07) is 23.5. The van der Waals surface area contributed by atoms with Crippen LogP contribution in [0.15, 0.2) is 186 Å². The standard InChI is InChI=1S/C48H30O/c1-3-14-31(15-4-1)34-28-35(32-16-5-2-6-17-32)30-36(29-34)45-38-20-9-11-22-40(38)46(41-23-12-10-21-39(41)45)42-24-13-25-44-47(42)43-27-26-33-18-7-8-19-37(33)48(43)49-44/h1-30H/i1D,3D,4D,7D,8D,13D,14D,15D,18D,19D,24D,25D,26D,27D. The summed E-state index contributed by atoms with van der Waals surface area (Å²) in [6.45, 7) is 0. The van der Waals surface area contributed by atoms with Crippen molar-refractivity contribution in [2.45, 2.75) is 0 Å². The predicted molar refractivity (Wildman–Crippen MR) is 208 cm³/mol. The Morgan fingerprint density at radius 2 is 1.00 bits per heavy atom. The maximum atomic E-state index is 9.54. The number of hydrogen-bond acceptors (Lipinski definition) is 1. The highest BCUT2D eigenvalue weighted by Crippen LogP contribution is 2.48. The van der Waals surface area contributed by atoms with Crippen LogP contribution in [0.2, 0.25) is 0 Å². The van der Waals surface area contributed by atoms with Gasteiger partial charge >= 0.3 is 0 Å². The Hall–Kier alpha value is -6.44. The molecule has 1 nitrogen and oxygen atoms in total. The van der Waals surface area contributed by atoms with Gasteiger partial charge in [0.05, 0.1) is 19.2 Å². The van der Waals surface area contributed by atoms with E-state index in [1.54, 1.807) is 12.1 Å². The Bertz CT molecular complexity index is 3590. The molecule has 0 fully saturated rings. The minimum absolute atomic E-state index is 0.0272. The van der Waals surface area contributed by atoms with Crippen LogP contribution in [0.3, 0.4) is 0 Å². The highest BCUT2D eigenvalue weighted by Gasteiger charge is 2.21. The van der Waals surface area contributed by atoms with Gasteiger partial charge in [-0.05, 0) is 102 Å². The molecule has 1 aromatic heterocycles. The second-order valence-corrected chi connectivity index (χ2v) is 11.8. The SMILES string of the molecule is [2H]c1c([2H])c([2H])c(-c2cc(-c3ccccc3)cc(-c3c4ccccc4c(-c4c([2H])c([2H])c([2H])c5oc6c7c([2H])c([2H])c([2H])c([2H])c7c([2H])c([2H])c6c45)c4ccccc34)c2)c([2H])c1[2H]. The first-order valence-corrected chi connectivity index (χ1v) is 15.7. The van der Waals surface area contributed by atoms with E-state index >= 15 is 0 Å². The summed E-state index contributed by atoms with van der Waals surface area (Å²) in [6.07, 6.45) is 0. The molecule has 0 aliphatic carbocycles. The van der Waals surface area contributed by atoms with Crippen LogP contribution in [0.4, 0.5) is 0 Å². The van der Waals surface area contributed by atoms with Crippen LogP contribution in [0, 0.1) is 0 Å². The van der Waals surface area contributed by atoms with Gasteiger partial charge in [-0.25, -0.2) is 0 Å². The monoisotopic (exact) mass is 636 g/mol. The van der Waals surface area contributed by atoms with Crippen LogP contribution in [-0.4, -0.2) is 0 Å². The third kappa shape index (κ3) is 4.40. The molecule has 0 bridgehead atoms. The molecule has 0 radical (unpaired) electrons. The number of furan rings is 1. The predicted octanol–water partition coefficient (Wildman–Crippen LogP) is 13.7. The average molecular weight is 637 g/mol. The van der Waals surface area contributed by atoms with Gasteiger partial charge in [0.2, 0.25) is 0 Å². The van der Waals surface area contributed by atoms with Crippen LogP contribution in [0.25, 0.3) is 98.8 Å². The van der Waals surface area contributed by atoms with Gasteiger partial charge in [0.15, 0.2) is 0 Å². The summed E-state index contributed by atoms with van der Waals surface area (Å²) in [5.41, 5.74) is 3.60. The Kier molecular flexibility index (Phi) is 3.87. The quantitative estimate of drug-likeness (QED) is 0.175. The first-order chi connectivity index (χ1) is 30.1. The lowest BCUT2D eigenvalue weighted by molar-refractivity contribution is 0.673. The van der Waals surface area contributed by atoms with Gasteiger partial charge in [-0.3, -0.25) is 0 Å². The molecule has 0 atom stereocenters. The maximum Gasteiger partial charge on any atom is 0.143 e. The number of fused-ring (bicyclic) bond motifs is 7. The van der Waals surface area contributed by atoms with Crippen LogP contribution >= 0.6 is 0 Å². The zero-order valence-corrected chi connectivity index (χ0v) is 25.6. The summed E-state index contributed by atoms with van der Waals surface area (Å²) in [7, 11) is 0. The fraction of sp³-hybridized carbons (Fsp3) is 0. The summed E-state index contributed by atoms with van der Waals surface area (Å²) in [5, 5.41) is 2.25. The van der Waals surface area contributed by atoms with E-state index in [0.717, 1.165) is 16.7 Å². The van der Waals surface area contributed by atoms with Crippen molar-refractivity contribution in [1.82, 2.24) is 0 Å². The largest absolute Gasteiger partial charge is 0.455 e. The summed E-state index contributed by atoms with van der Waals surface area (Å²) in [4.78, 5) is 0. The van der Waals surface area contributed by atoms with Gasteiger partial charge < -0.3 is 4.42 Å². The minimum atomic E-state index is -0.576. The third-order valence-electron chi connectivity index (χ3n) is 9.05. The first kappa shape index (κ1) is 17.1. The fourth-order valence-corrected chi connectivity index (χ4v) is 6.97. The Balaban J connectivity index is 1.38. The third-order valence-corrected chi connectivity index (χ3v) is 9.05. The van der Waals surface area contributed by atoms with E-state index in [1.807, 2.05) is 84.9 Å². The van der Waals surface area contributed by atoms with E-state index < -0.39 is 66.5 Å². The second kappa shape index (κ2) is 11.1. The zero-order valence-electron chi connectivity index (χ0n) is 39.6. The van der Waals surface area contributed by atoms with Crippen molar-refractivity contribution in [2.24, 2.45) is 0 Å². The molecule has 0 aliphatic rings. The van der Waals surface area contributed by atoms with Crippen molar-refractivity contribution in [2.75, 3.05) is 0 Å². The molecule has 49 heavy (non-hydrogen) atoms. The molecule has 0 saturated carbocycles. The topological polar surface area (TPSA) is 13.1 Å². The van der Waals surface area contributed by atoms with Crippen LogP contribution < -0.4 is 0 Å². The van der Waals surface area contributed by atoms with Crippen molar-refractivity contribution in [1.29, 1.82) is 0 Å². The molecule has 0 spiro atoms. The molecular weight excluding hydrogens is 593 g/mol. The Labute approximate surface area is 304 Å². The minimum Gasteiger partial charge on any atom is -0.455 e. The van der Waals surface area contributed by atoms with E-state index in [1.165, 1.54) is 0 Å². The van der Waals surface area contributed by atoms with Gasteiger partial charge in [-0.1, -0.05) is 151 Å². The lowest BCUT2D eigenvalue weighted by Gasteiger charge is -2.19. The molecule has 1 heteroatoms. The van der Waals surface area contributed by atoms with Crippen LogP contribution in [0.5, 0.6) is 0 Å². The van der Waals surface area contributed by atoms with E-state index in [-0.39, 0.29) is 62.0 Å². The average Bonchev–Trinajstić information content (AvgIpc) is 3.69. The Morgan fingerprint density at radius 3 is 1.73 bits per heavy atom. The molecule has 0 N–H and O–H groups in total. The van der Waals surface area contributed by atoms with Crippen molar-refractivity contribution in [3.8, 4) is 44.5 Å².